The van der Waals surface area contributed by atoms with Crippen LogP contribution >= 0.6 is 0 Å². The third kappa shape index (κ3) is 2.78. The number of nitro groups is 1. The van der Waals surface area contributed by atoms with Gasteiger partial charge in [0.1, 0.15) is 5.82 Å². The van der Waals surface area contributed by atoms with Gasteiger partial charge in [-0.15, -0.1) is 0 Å². The summed E-state index contributed by atoms with van der Waals surface area (Å²) < 4.78 is 0. The van der Waals surface area contributed by atoms with E-state index in [1.807, 2.05) is 0 Å². The van der Waals surface area contributed by atoms with E-state index in [4.69, 9.17) is 15.9 Å². The Labute approximate surface area is 90.9 Å². The molecule has 8 heteroatoms. The van der Waals surface area contributed by atoms with Crippen LogP contribution in [-0.4, -0.2) is 39.4 Å². The van der Waals surface area contributed by atoms with E-state index in [-0.39, 0.29) is 30.5 Å². The van der Waals surface area contributed by atoms with Crippen molar-refractivity contribution in [2.24, 2.45) is 0 Å². The number of pyridine rings is 1. The summed E-state index contributed by atoms with van der Waals surface area (Å²) in [4.78, 5) is 13.8. The third-order valence-corrected chi connectivity index (χ3v) is 1.87. The number of aromatic nitrogens is 1. The first-order valence-electron chi connectivity index (χ1n) is 4.47. The fourth-order valence-electron chi connectivity index (χ4n) is 1.06. The molecule has 8 nitrogen and oxygen atoms in total. The number of nitrogen functional groups attached to an aromatic ring is 1. The Hall–Kier alpha value is -1.93. The summed E-state index contributed by atoms with van der Waals surface area (Å²) in [5.41, 5.74) is 5.12. The molecule has 0 unspecified atom stereocenters. The minimum atomic E-state index is -0.715. The minimum absolute atomic E-state index is 0.0712. The second-order valence-corrected chi connectivity index (χ2v) is 3.07. The summed E-state index contributed by atoms with van der Waals surface area (Å²) in [6.45, 7) is -0.742. The second-order valence-electron chi connectivity index (χ2n) is 3.07. The van der Waals surface area contributed by atoms with E-state index in [0.29, 0.717) is 0 Å². The first kappa shape index (κ1) is 12.1. The van der Waals surface area contributed by atoms with Crippen molar-refractivity contribution in [2.45, 2.75) is 6.04 Å². The standard InChI is InChI=1S/C8H12N4O4/c9-7-2-1-6(12(15)16)8(11-7)10-5(3-13)4-14/h1-2,5,13-14H,3-4H2,(H3,9,10,11). The summed E-state index contributed by atoms with van der Waals surface area (Å²) in [5.74, 6) is 0.0424. The van der Waals surface area contributed by atoms with Crippen molar-refractivity contribution in [1.82, 2.24) is 4.98 Å². The molecule has 0 saturated carbocycles. The van der Waals surface area contributed by atoms with Gasteiger partial charge in [-0.25, -0.2) is 4.98 Å². The van der Waals surface area contributed by atoms with Crippen molar-refractivity contribution in [3.63, 3.8) is 0 Å². The van der Waals surface area contributed by atoms with Crippen molar-refractivity contribution in [1.29, 1.82) is 0 Å². The maximum Gasteiger partial charge on any atom is 0.311 e. The van der Waals surface area contributed by atoms with Gasteiger partial charge in [-0.05, 0) is 6.07 Å². The first-order valence-corrected chi connectivity index (χ1v) is 4.47. The first-order chi connectivity index (χ1) is 7.58. The number of hydrogen-bond acceptors (Lipinski definition) is 7. The van der Waals surface area contributed by atoms with Gasteiger partial charge in [-0.3, -0.25) is 10.1 Å². The molecule has 0 aliphatic rings. The van der Waals surface area contributed by atoms with Gasteiger partial charge in [0.05, 0.1) is 24.2 Å². The van der Waals surface area contributed by atoms with Gasteiger partial charge >= 0.3 is 5.69 Å². The highest BCUT2D eigenvalue weighted by Crippen LogP contribution is 2.23. The van der Waals surface area contributed by atoms with Crippen LogP contribution in [-0.2, 0) is 0 Å². The fourth-order valence-corrected chi connectivity index (χ4v) is 1.06. The molecule has 88 valence electrons. The average Bonchev–Trinajstić information content (AvgIpc) is 2.25. The molecule has 0 spiro atoms. The molecule has 0 amide bonds. The van der Waals surface area contributed by atoms with Crippen LogP contribution in [0.15, 0.2) is 12.1 Å². The Balaban J connectivity index is 3.00. The highest BCUT2D eigenvalue weighted by Gasteiger charge is 2.18. The van der Waals surface area contributed by atoms with Crippen LogP contribution < -0.4 is 11.1 Å². The van der Waals surface area contributed by atoms with Gasteiger partial charge in [0.25, 0.3) is 0 Å². The Morgan fingerprint density at radius 2 is 2.12 bits per heavy atom. The average molecular weight is 228 g/mol. The lowest BCUT2D eigenvalue weighted by atomic mass is 10.3. The lowest BCUT2D eigenvalue weighted by Crippen LogP contribution is -2.28. The number of aliphatic hydroxyl groups excluding tert-OH is 2. The van der Waals surface area contributed by atoms with E-state index in [2.05, 4.69) is 10.3 Å². The predicted molar refractivity (Wildman–Crippen MR) is 56.9 cm³/mol. The zero-order valence-electron chi connectivity index (χ0n) is 8.33. The molecule has 0 fully saturated rings. The van der Waals surface area contributed by atoms with Gasteiger partial charge < -0.3 is 21.3 Å². The number of anilines is 2. The molecule has 1 aromatic rings. The van der Waals surface area contributed by atoms with Crippen molar-refractivity contribution in [2.75, 3.05) is 24.3 Å². The molecule has 0 bridgehead atoms. The van der Waals surface area contributed by atoms with Crippen LogP contribution in [0.5, 0.6) is 0 Å². The Bertz CT molecular complexity index is 380. The highest BCUT2D eigenvalue weighted by molar-refractivity contribution is 5.59. The summed E-state index contributed by atoms with van der Waals surface area (Å²) in [7, 11) is 0. The number of rotatable bonds is 5. The van der Waals surface area contributed by atoms with Crippen molar-refractivity contribution < 1.29 is 15.1 Å². The summed E-state index contributed by atoms with van der Waals surface area (Å²) in [5, 5.41) is 30.9. The molecule has 16 heavy (non-hydrogen) atoms. The number of hydrogen-bond donors (Lipinski definition) is 4. The maximum absolute atomic E-state index is 10.7. The smallest absolute Gasteiger partial charge is 0.311 e. The van der Waals surface area contributed by atoms with Crippen LogP contribution in [0.2, 0.25) is 0 Å². The molecular weight excluding hydrogens is 216 g/mol. The SMILES string of the molecule is Nc1ccc([N+](=O)[O-])c(NC(CO)CO)n1. The molecule has 0 aliphatic carbocycles. The van der Waals surface area contributed by atoms with Crippen LogP contribution in [0.4, 0.5) is 17.3 Å². The van der Waals surface area contributed by atoms with Crippen LogP contribution in [0.1, 0.15) is 0 Å². The van der Waals surface area contributed by atoms with E-state index in [0.717, 1.165) is 0 Å². The summed E-state index contributed by atoms with van der Waals surface area (Å²) >= 11 is 0. The molecule has 1 aromatic heterocycles. The molecule has 1 heterocycles. The normalized spacial score (nSPS) is 10.4. The lowest BCUT2D eigenvalue weighted by molar-refractivity contribution is -0.384. The molecule has 0 aliphatic heterocycles. The van der Waals surface area contributed by atoms with E-state index >= 15 is 0 Å². The minimum Gasteiger partial charge on any atom is -0.394 e. The zero-order chi connectivity index (χ0) is 12.1. The number of nitrogens with two attached hydrogens (primary N) is 1. The highest BCUT2D eigenvalue weighted by atomic mass is 16.6. The predicted octanol–water partition coefficient (Wildman–Crippen LogP) is -0.663. The van der Waals surface area contributed by atoms with Gasteiger partial charge in [-0.1, -0.05) is 0 Å². The van der Waals surface area contributed by atoms with Crippen molar-refractivity contribution in [3.8, 4) is 0 Å². The maximum atomic E-state index is 10.7. The molecule has 1 rings (SSSR count). The Morgan fingerprint density at radius 3 is 2.62 bits per heavy atom. The fraction of sp³-hybridized carbons (Fsp3) is 0.375. The Morgan fingerprint density at radius 1 is 1.50 bits per heavy atom. The van der Waals surface area contributed by atoms with Gasteiger partial charge in [-0.2, -0.15) is 0 Å². The molecule has 0 aromatic carbocycles. The third-order valence-electron chi connectivity index (χ3n) is 1.87. The summed E-state index contributed by atoms with van der Waals surface area (Å²) in [6.07, 6.45) is 0. The van der Waals surface area contributed by atoms with Crippen LogP contribution in [0.25, 0.3) is 0 Å². The lowest BCUT2D eigenvalue weighted by Gasteiger charge is -2.13. The van der Waals surface area contributed by atoms with Gasteiger partial charge in [0.15, 0.2) is 0 Å². The zero-order valence-corrected chi connectivity index (χ0v) is 8.33. The number of nitrogens with zero attached hydrogens (tertiary/aromatic N) is 2. The molecular formula is C8H12N4O4. The van der Waals surface area contributed by atoms with Crippen LogP contribution in [0.3, 0.4) is 0 Å². The number of aliphatic hydroxyl groups is 2. The largest absolute Gasteiger partial charge is 0.394 e. The molecule has 0 radical (unpaired) electrons. The van der Waals surface area contributed by atoms with E-state index < -0.39 is 11.0 Å². The van der Waals surface area contributed by atoms with E-state index in [1.54, 1.807) is 0 Å². The Kier molecular flexibility index (Phi) is 3.97. The number of nitrogens with one attached hydrogen (secondary N) is 1. The van der Waals surface area contributed by atoms with Crippen molar-refractivity contribution in [3.05, 3.63) is 22.2 Å². The molecule has 0 saturated heterocycles. The molecule has 5 N–H and O–H groups in total. The second kappa shape index (κ2) is 5.24. The monoisotopic (exact) mass is 228 g/mol. The quantitative estimate of drug-likeness (QED) is 0.388. The van der Waals surface area contributed by atoms with Crippen LogP contribution in [0, 0.1) is 10.1 Å². The van der Waals surface area contributed by atoms with Gasteiger partial charge in [0, 0.05) is 6.07 Å². The topological polar surface area (TPSA) is 135 Å². The van der Waals surface area contributed by atoms with E-state index in [1.165, 1.54) is 12.1 Å². The molecule has 0 atom stereocenters. The summed E-state index contributed by atoms with van der Waals surface area (Å²) in [6, 6.07) is 1.79. The van der Waals surface area contributed by atoms with E-state index in [9.17, 15) is 10.1 Å². The van der Waals surface area contributed by atoms with Crippen molar-refractivity contribution >= 4 is 17.3 Å². The van der Waals surface area contributed by atoms with Gasteiger partial charge in [0.2, 0.25) is 5.82 Å².